The van der Waals surface area contributed by atoms with E-state index in [0.717, 1.165) is 25.2 Å². The summed E-state index contributed by atoms with van der Waals surface area (Å²) < 4.78 is 41.1. The van der Waals surface area contributed by atoms with Crippen molar-refractivity contribution in [2.45, 2.75) is 45.1 Å². The van der Waals surface area contributed by atoms with Crippen LogP contribution in [0.25, 0.3) is 0 Å². The molecule has 1 fully saturated rings. The molecule has 0 unspecified atom stereocenters. The molecule has 2 N–H and O–H groups in total. The van der Waals surface area contributed by atoms with Crippen LogP contribution < -0.4 is 10.5 Å². The number of halogens is 3. The van der Waals surface area contributed by atoms with Crippen LogP contribution >= 0.6 is 0 Å². The van der Waals surface area contributed by atoms with Crippen LogP contribution in [0.5, 0.6) is 5.75 Å². The summed E-state index contributed by atoms with van der Waals surface area (Å²) in [6.45, 7) is 3.26. The second kappa shape index (κ2) is 10.1. The number of nitrogens with two attached hydrogens (primary N) is 1. The van der Waals surface area contributed by atoms with Crippen LogP contribution in [0.3, 0.4) is 0 Å². The third kappa shape index (κ3) is 7.37. The van der Waals surface area contributed by atoms with Crippen molar-refractivity contribution in [3.63, 3.8) is 0 Å². The second-order valence-electron chi connectivity index (χ2n) is 7.97. The highest BCUT2D eigenvalue weighted by atomic mass is 19.4. The maximum Gasteiger partial charge on any atom is 0.573 e. The molecule has 1 aliphatic carbocycles. The van der Waals surface area contributed by atoms with E-state index in [1.54, 1.807) is 12.1 Å². The highest BCUT2D eigenvalue weighted by Gasteiger charge is 2.31. The molecule has 1 aliphatic rings. The monoisotopic (exact) mass is 406 g/mol. The molecule has 2 aromatic rings. The summed E-state index contributed by atoms with van der Waals surface area (Å²) in [5.74, 6) is 1.10. The van der Waals surface area contributed by atoms with E-state index in [2.05, 4.69) is 21.8 Å². The Morgan fingerprint density at radius 1 is 0.828 bits per heavy atom. The topological polar surface area (TPSA) is 38.5 Å². The van der Waals surface area contributed by atoms with Crippen LogP contribution in [0.1, 0.15) is 36.8 Å². The summed E-state index contributed by atoms with van der Waals surface area (Å²) in [5, 5.41) is 0. The lowest BCUT2D eigenvalue weighted by Gasteiger charge is -2.32. The number of ether oxygens (including phenoxy) is 1. The molecule has 0 aliphatic heterocycles. The van der Waals surface area contributed by atoms with Gasteiger partial charge in [-0.25, -0.2) is 0 Å². The fraction of sp³-hybridized carbons (Fsp3) is 0.478. The smallest absolute Gasteiger partial charge is 0.406 e. The van der Waals surface area contributed by atoms with Crippen LogP contribution in [0.2, 0.25) is 0 Å². The molecule has 3 rings (SSSR count). The van der Waals surface area contributed by atoms with Gasteiger partial charge in [-0.1, -0.05) is 42.5 Å². The Bertz CT molecular complexity index is 726. The Kier molecular flexibility index (Phi) is 7.56. The van der Waals surface area contributed by atoms with Crippen LogP contribution in [0, 0.1) is 11.8 Å². The Balaban J connectivity index is 1.64. The fourth-order valence-electron chi connectivity index (χ4n) is 4.10. The molecule has 0 bridgehead atoms. The van der Waals surface area contributed by atoms with Crippen molar-refractivity contribution < 1.29 is 17.9 Å². The third-order valence-electron chi connectivity index (χ3n) is 5.63. The molecular formula is C23H29F3N2O. The van der Waals surface area contributed by atoms with Crippen molar-refractivity contribution in [2.75, 3.05) is 13.1 Å². The van der Waals surface area contributed by atoms with Gasteiger partial charge in [0.2, 0.25) is 0 Å². The van der Waals surface area contributed by atoms with Gasteiger partial charge in [-0.15, -0.1) is 13.2 Å². The lowest BCUT2D eigenvalue weighted by atomic mass is 9.82. The van der Waals surface area contributed by atoms with Gasteiger partial charge >= 0.3 is 6.36 Å². The molecule has 3 nitrogen and oxygen atoms in total. The van der Waals surface area contributed by atoms with Gasteiger partial charge in [-0.3, -0.25) is 4.90 Å². The second-order valence-corrected chi connectivity index (χ2v) is 7.97. The average molecular weight is 406 g/mol. The van der Waals surface area contributed by atoms with E-state index in [1.807, 2.05) is 18.2 Å². The summed E-state index contributed by atoms with van der Waals surface area (Å²) in [5.41, 5.74) is 8.03. The molecule has 29 heavy (non-hydrogen) atoms. The normalized spacial score (nSPS) is 20.0. The zero-order valence-corrected chi connectivity index (χ0v) is 16.6. The van der Waals surface area contributed by atoms with E-state index < -0.39 is 6.36 Å². The molecule has 0 radical (unpaired) electrons. The molecule has 1 saturated carbocycles. The minimum Gasteiger partial charge on any atom is -0.406 e. The maximum atomic E-state index is 12.4. The van der Waals surface area contributed by atoms with Crippen molar-refractivity contribution in [3.05, 3.63) is 65.7 Å². The van der Waals surface area contributed by atoms with Crippen LogP contribution in [-0.2, 0) is 13.1 Å². The predicted molar refractivity (Wildman–Crippen MR) is 108 cm³/mol. The molecule has 6 heteroatoms. The van der Waals surface area contributed by atoms with Gasteiger partial charge in [0.1, 0.15) is 5.75 Å². The van der Waals surface area contributed by atoms with E-state index in [0.29, 0.717) is 18.4 Å². The minimum atomic E-state index is -4.66. The Hall–Kier alpha value is -2.05. The Morgan fingerprint density at radius 2 is 1.38 bits per heavy atom. The molecule has 0 spiro atoms. The number of nitrogens with zero attached hydrogens (tertiary/aromatic N) is 1. The van der Waals surface area contributed by atoms with Crippen molar-refractivity contribution in [3.8, 4) is 5.75 Å². The van der Waals surface area contributed by atoms with Crippen molar-refractivity contribution in [1.82, 2.24) is 4.90 Å². The van der Waals surface area contributed by atoms with E-state index in [9.17, 15) is 13.2 Å². The molecule has 0 amide bonds. The van der Waals surface area contributed by atoms with Crippen LogP contribution in [0.15, 0.2) is 54.6 Å². The van der Waals surface area contributed by atoms with Crippen molar-refractivity contribution in [1.29, 1.82) is 0 Å². The van der Waals surface area contributed by atoms with Gasteiger partial charge in [-0.2, -0.15) is 0 Å². The molecule has 0 heterocycles. The summed E-state index contributed by atoms with van der Waals surface area (Å²) in [4.78, 5) is 2.39. The first kappa shape index (κ1) is 21.7. The highest BCUT2D eigenvalue weighted by molar-refractivity contribution is 5.27. The zero-order valence-electron chi connectivity index (χ0n) is 16.6. The summed E-state index contributed by atoms with van der Waals surface area (Å²) in [6, 6.07) is 16.5. The quantitative estimate of drug-likeness (QED) is 0.642. The molecular weight excluding hydrogens is 377 g/mol. The van der Waals surface area contributed by atoms with Crippen LogP contribution in [0.4, 0.5) is 13.2 Å². The lowest BCUT2D eigenvalue weighted by Crippen LogP contribution is -2.32. The predicted octanol–water partition coefficient (Wildman–Crippen LogP) is 5.35. The highest BCUT2D eigenvalue weighted by Crippen LogP contribution is 2.30. The number of hydrogen-bond donors (Lipinski definition) is 1. The number of hydrogen-bond acceptors (Lipinski definition) is 3. The van der Waals surface area contributed by atoms with E-state index in [-0.39, 0.29) is 5.75 Å². The number of alkyl halides is 3. The van der Waals surface area contributed by atoms with Crippen LogP contribution in [-0.4, -0.2) is 24.4 Å². The average Bonchev–Trinajstić information content (AvgIpc) is 2.70. The summed E-state index contributed by atoms with van der Waals surface area (Å²) in [6.07, 6.45) is 0.0773. The van der Waals surface area contributed by atoms with E-state index in [4.69, 9.17) is 5.73 Å². The Morgan fingerprint density at radius 3 is 1.93 bits per heavy atom. The summed E-state index contributed by atoms with van der Waals surface area (Å²) in [7, 11) is 0. The van der Waals surface area contributed by atoms with Crippen molar-refractivity contribution >= 4 is 0 Å². The SMILES string of the molecule is NCC1CCC(CN(Cc2ccccc2)Cc2ccc(OC(F)(F)F)cc2)CC1. The standard InChI is InChI=1S/C23H29F3N2O/c24-23(25,26)29-22-12-10-21(11-13-22)17-28(15-19-4-2-1-3-5-19)16-20-8-6-18(14-27)7-9-20/h1-5,10-13,18,20H,6-9,14-17,27H2. The molecule has 2 aromatic carbocycles. The minimum absolute atomic E-state index is 0.184. The molecule has 0 saturated heterocycles. The van der Waals surface area contributed by atoms with Gasteiger partial charge in [0.25, 0.3) is 0 Å². The maximum absolute atomic E-state index is 12.4. The van der Waals surface area contributed by atoms with Gasteiger partial charge in [0.15, 0.2) is 0 Å². The zero-order chi connectivity index (χ0) is 20.7. The molecule has 0 atom stereocenters. The van der Waals surface area contributed by atoms with E-state index >= 15 is 0 Å². The van der Waals surface area contributed by atoms with Gasteiger partial charge in [0, 0.05) is 19.6 Å². The molecule has 158 valence electrons. The first-order valence-corrected chi connectivity index (χ1v) is 10.2. The van der Waals surface area contributed by atoms with E-state index in [1.165, 1.54) is 43.4 Å². The Labute approximate surface area is 170 Å². The number of benzene rings is 2. The summed E-state index contributed by atoms with van der Waals surface area (Å²) >= 11 is 0. The first-order chi connectivity index (χ1) is 13.9. The van der Waals surface area contributed by atoms with Crippen molar-refractivity contribution in [2.24, 2.45) is 17.6 Å². The van der Waals surface area contributed by atoms with Gasteiger partial charge in [0.05, 0.1) is 0 Å². The number of rotatable bonds is 8. The first-order valence-electron chi connectivity index (χ1n) is 10.2. The lowest BCUT2D eigenvalue weighted by molar-refractivity contribution is -0.274. The fourth-order valence-corrected chi connectivity index (χ4v) is 4.10. The largest absolute Gasteiger partial charge is 0.573 e. The van der Waals surface area contributed by atoms with Gasteiger partial charge in [-0.05, 0) is 67.3 Å². The molecule has 0 aromatic heterocycles. The van der Waals surface area contributed by atoms with Gasteiger partial charge < -0.3 is 10.5 Å². The third-order valence-corrected chi connectivity index (χ3v) is 5.63.